The van der Waals surface area contributed by atoms with Gasteiger partial charge in [-0.3, -0.25) is 43.9 Å². The molecule has 3 saturated heterocycles. The van der Waals surface area contributed by atoms with E-state index in [1.165, 1.54) is 10.7 Å². The number of amides is 5. The summed E-state index contributed by atoms with van der Waals surface area (Å²) >= 11 is 3.41. The van der Waals surface area contributed by atoms with Gasteiger partial charge in [0.15, 0.2) is 0 Å². The molecule has 53 heavy (non-hydrogen) atoms. The second-order valence-electron chi connectivity index (χ2n) is 14.0. The van der Waals surface area contributed by atoms with Gasteiger partial charge in [0.2, 0.25) is 11.8 Å². The molecule has 3 unspecified atom stereocenters. The Balaban J connectivity index is 0.894. The van der Waals surface area contributed by atoms with E-state index in [0.717, 1.165) is 30.0 Å². The molecule has 0 radical (unpaired) electrons. The van der Waals surface area contributed by atoms with Crippen LogP contribution in [0.3, 0.4) is 0 Å². The van der Waals surface area contributed by atoms with Crippen molar-refractivity contribution in [2.24, 2.45) is 7.05 Å². The number of aryl methyl sites for hydroxylation is 1. The van der Waals surface area contributed by atoms with Crippen LogP contribution in [0.15, 0.2) is 57.9 Å². The highest BCUT2D eigenvalue weighted by Crippen LogP contribution is 2.34. The molecule has 5 heterocycles. The number of fused-ring (bicyclic) bond motifs is 1. The van der Waals surface area contributed by atoms with Crippen molar-refractivity contribution >= 4 is 51.2 Å². The fraction of sp³-hybridized carbons (Fsp3) is 0.432. The van der Waals surface area contributed by atoms with E-state index in [9.17, 15) is 28.8 Å². The molecular formula is C37H41BrN8O7. The maximum Gasteiger partial charge on any atom is 0.282 e. The van der Waals surface area contributed by atoms with Gasteiger partial charge in [0.05, 0.1) is 23.0 Å². The molecule has 0 bridgehead atoms. The minimum absolute atomic E-state index is 0.0145. The number of halogens is 1. The number of benzene rings is 2. The first-order chi connectivity index (χ1) is 25.5. The Morgan fingerprint density at radius 1 is 0.981 bits per heavy atom. The molecule has 0 saturated carbocycles. The molecule has 0 spiro atoms. The van der Waals surface area contributed by atoms with E-state index in [-0.39, 0.29) is 59.8 Å². The molecule has 3 aromatic rings. The molecule has 0 aliphatic carbocycles. The van der Waals surface area contributed by atoms with Gasteiger partial charge in [-0.05, 0) is 71.6 Å². The minimum atomic E-state index is -1.04. The largest absolute Gasteiger partial charge is 0.491 e. The maximum atomic E-state index is 13.4. The number of likely N-dealkylation sites (N-methyl/N-ethyl adjacent to an activating group) is 1. The third kappa shape index (κ3) is 7.48. The van der Waals surface area contributed by atoms with Gasteiger partial charge in [-0.15, -0.1) is 0 Å². The first kappa shape index (κ1) is 36.4. The summed E-state index contributed by atoms with van der Waals surface area (Å²) < 4.78 is 7.76. The number of nitrogens with one attached hydrogen (secondary N) is 2. The minimum Gasteiger partial charge on any atom is -0.491 e. The van der Waals surface area contributed by atoms with Gasteiger partial charge >= 0.3 is 0 Å². The van der Waals surface area contributed by atoms with Crippen LogP contribution in [0, 0.1) is 0 Å². The van der Waals surface area contributed by atoms with Crippen molar-refractivity contribution in [1.82, 2.24) is 34.7 Å². The highest BCUT2D eigenvalue weighted by molar-refractivity contribution is 9.10. The van der Waals surface area contributed by atoms with E-state index >= 15 is 0 Å². The second-order valence-corrected chi connectivity index (χ2v) is 14.8. The lowest BCUT2D eigenvalue weighted by Crippen LogP contribution is -2.54. The average molecular weight is 790 g/mol. The third-order valence-corrected chi connectivity index (χ3v) is 11.2. The van der Waals surface area contributed by atoms with Crippen LogP contribution in [0.1, 0.15) is 61.8 Å². The summed E-state index contributed by atoms with van der Waals surface area (Å²) in [5, 5.41) is 9.84. The number of nitrogens with zero attached hydrogens (tertiary/aromatic N) is 6. The predicted molar refractivity (Wildman–Crippen MR) is 197 cm³/mol. The van der Waals surface area contributed by atoms with E-state index in [0.29, 0.717) is 48.4 Å². The van der Waals surface area contributed by atoms with Gasteiger partial charge in [-0.25, -0.2) is 4.68 Å². The number of ether oxygens (including phenoxy) is 1. The lowest BCUT2D eigenvalue weighted by molar-refractivity contribution is -0.136. The Bertz CT molecular complexity index is 2010. The highest BCUT2D eigenvalue weighted by atomic mass is 79.9. The normalized spacial score (nSPS) is 22.5. The van der Waals surface area contributed by atoms with E-state index in [4.69, 9.17) is 4.74 Å². The summed E-state index contributed by atoms with van der Waals surface area (Å²) in [5.74, 6) is -1.76. The molecule has 5 amide bonds. The lowest BCUT2D eigenvalue weighted by atomic mass is 9.87. The van der Waals surface area contributed by atoms with Crippen molar-refractivity contribution in [3.8, 4) is 5.75 Å². The quantitative estimate of drug-likeness (QED) is 0.303. The van der Waals surface area contributed by atoms with Crippen molar-refractivity contribution in [1.29, 1.82) is 0 Å². The topological polar surface area (TPSA) is 166 Å². The summed E-state index contributed by atoms with van der Waals surface area (Å²) in [5.41, 5.74) is 2.58. The molecule has 2 aromatic carbocycles. The zero-order valence-corrected chi connectivity index (χ0v) is 31.1. The number of rotatable bonds is 9. The predicted octanol–water partition coefficient (Wildman–Crippen LogP) is 1.68. The van der Waals surface area contributed by atoms with Crippen LogP contribution in [0.2, 0.25) is 0 Å². The number of carbonyl (C=O) groups excluding carboxylic acids is 5. The van der Waals surface area contributed by atoms with Crippen molar-refractivity contribution in [2.75, 3.05) is 64.8 Å². The van der Waals surface area contributed by atoms with Crippen molar-refractivity contribution < 1.29 is 28.7 Å². The summed E-state index contributed by atoms with van der Waals surface area (Å²) in [7, 11) is 3.70. The smallest absolute Gasteiger partial charge is 0.282 e. The van der Waals surface area contributed by atoms with Gasteiger partial charge in [0.25, 0.3) is 23.3 Å². The average Bonchev–Trinajstić information content (AvgIpc) is 3.41. The zero-order valence-electron chi connectivity index (χ0n) is 29.5. The number of aromatic nitrogens is 2. The van der Waals surface area contributed by atoms with Gasteiger partial charge in [0.1, 0.15) is 22.9 Å². The van der Waals surface area contributed by atoms with Crippen molar-refractivity contribution in [2.45, 2.75) is 37.3 Å². The van der Waals surface area contributed by atoms with Crippen LogP contribution in [0.4, 0.5) is 5.69 Å². The van der Waals surface area contributed by atoms with E-state index in [2.05, 4.69) is 48.5 Å². The standard InChI is InChI=1S/C37H41BrN8O7/c1-42-20-24(18-25(21-42)40-27-19-39-43(2)37(52)32(27)38)22-6-8-23(9-7-22)34(49)45-14-12-44(13-15-45)16-17-53-29-5-3-4-26-31(29)36(51)46(35(26)50)28-10-11-30(47)41-33(28)48/h3-9,19,24-25,28,40H,10-18,20-21H2,1-2H3,(H,41,47,48). The second kappa shape index (κ2) is 15.2. The number of anilines is 1. The van der Waals surface area contributed by atoms with Crippen molar-refractivity contribution in [3.05, 3.63) is 85.7 Å². The Morgan fingerprint density at radius 3 is 2.47 bits per heavy atom. The fourth-order valence-corrected chi connectivity index (χ4v) is 8.11. The Hall–Kier alpha value is -4.93. The molecule has 7 rings (SSSR count). The number of carbonyl (C=O) groups is 5. The SMILES string of the molecule is CN1CC(Nc2cnn(C)c(=O)c2Br)CC(c2ccc(C(=O)N3CCN(CCOc4cccc5c4C(=O)N(C4CCC(=O)NC4=O)C5=O)CC3)cc2)C1. The Kier molecular flexibility index (Phi) is 10.4. The third-order valence-electron chi connectivity index (χ3n) is 10.5. The van der Waals surface area contributed by atoms with Crippen LogP contribution >= 0.6 is 15.9 Å². The van der Waals surface area contributed by atoms with Crippen molar-refractivity contribution in [3.63, 3.8) is 0 Å². The molecular weight excluding hydrogens is 748 g/mol. The van der Waals surface area contributed by atoms with E-state index < -0.39 is 29.7 Å². The van der Waals surface area contributed by atoms with Gasteiger partial charge < -0.3 is 19.9 Å². The number of hydrogen-bond donors (Lipinski definition) is 2. The van der Waals surface area contributed by atoms with Crippen LogP contribution < -0.4 is 20.9 Å². The van der Waals surface area contributed by atoms with Crippen LogP contribution in [-0.2, 0) is 16.6 Å². The maximum absolute atomic E-state index is 13.4. The molecule has 278 valence electrons. The molecule has 4 aliphatic rings. The highest BCUT2D eigenvalue weighted by Gasteiger charge is 2.46. The summed E-state index contributed by atoms with van der Waals surface area (Å²) in [6, 6.07) is 11.8. The molecule has 2 N–H and O–H groups in total. The number of likely N-dealkylation sites (tertiary alicyclic amines) is 1. The van der Waals surface area contributed by atoms with Crippen LogP contribution in [-0.4, -0.2) is 130 Å². The summed E-state index contributed by atoms with van der Waals surface area (Å²) in [6.07, 6.45) is 2.66. The molecule has 3 atom stereocenters. The first-order valence-corrected chi connectivity index (χ1v) is 18.5. The number of imide groups is 2. The Morgan fingerprint density at radius 2 is 1.74 bits per heavy atom. The summed E-state index contributed by atoms with van der Waals surface area (Å²) in [6.45, 7) is 4.95. The molecule has 3 fully saturated rings. The molecule has 16 heteroatoms. The monoisotopic (exact) mass is 788 g/mol. The molecule has 1 aromatic heterocycles. The fourth-order valence-electron chi connectivity index (χ4n) is 7.64. The zero-order chi connectivity index (χ0) is 37.4. The Labute approximate surface area is 314 Å². The first-order valence-electron chi connectivity index (χ1n) is 17.7. The number of piperazine rings is 1. The van der Waals surface area contributed by atoms with Gasteiger partial charge in [-0.2, -0.15) is 5.10 Å². The molecule has 4 aliphatic heterocycles. The lowest BCUT2D eigenvalue weighted by Gasteiger charge is -2.37. The van der Waals surface area contributed by atoms with Crippen LogP contribution in [0.5, 0.6) is 5.75 Å². The molecule has 15 nitrogen and oxygen atoms in total. The van der Waals surface area contributed by atoms with Crippen LogP contribution in [0.25, 0.3) is 0 Å². The van der Waals surface area contributed by atoms with E-state index in [1.807, 2.05) is 29.2 Å². The number of hydrogen-bond acceptors (Lipinski definition) is 11. The van der Waals surface area contributed by atoms with Gasteiger partial charge in [0, 0.05) is 70.9 Å². The van der Waals surface area contributed by atoms with E-state index in [1.54, 1.807) is 25.4 Å². The number of piperidine rings is 2. The van der Waals surface area contributed by atoms with Gasteiger partial charge in [-0.1, -0.05) is 18.2 Å². The summed E-state index contributed by atoms with van der Waals surface area (Å²) in [4.78, 5) is 83.5.